The summed E-state index contributed by atoms with van der Waals surface area (Å²) in [6, 6.07) is 7.99. The number of aromatic nitrogens is 2. The molecule has 17 heavy (non-hydrogen) atoms. The maximum Gasteiger partial charge on any atom is 0.202 e. The number of fused-ring (bicyclic) bond motifs is 3. The first-order valence-electron chi connectivity index (χ1n) is 6.07. The molecule has 2 aromatic rings. The lowest BCUT2D eigenvalue weighted by molar-refractivity contribution is 0.299. The molecule has 1 aliphatic heterocycles. The number of hydrogen-bond acceptors (Lipinski definition) is 3. The maximum atomic E-state index is 9.06. The second-order valence-corrected chi connectivity index (χ2v) is 4.43. The first kappa shape index (κ1) is 10.3. The monoisotopic (exact) mass is 229 g/mol. The van der Waals surface area contributed by atoms with Crippen LogP contribution in [0.1, 0.15) is 25.1 Å². The lowest BCUT2D eigenvalue weighted by atomic mass is 10.2. The Balaban J connectivity index is 2.39. The Kier molecular flexibility index (Phi) is 2.55. The van der Waals surface area contributed by atoms with Gasteiger partial charge in [-0.2, -0.15) is 0 Å². The highest BCUT2D eigenvalue weighted by Gasteiger charge is 2.11. The van der Waals surface area contributed by atoms with Crippen LogP contribution >= 0.6 is 0 Å². The van der Waals surface area contributed by atoms with Crippen molar-refractivity contribution in [2.45, 2.75) is 32.2 Å². The van der Waals surface area contributed by atoms with Gasteiger partial charge in [0, 0.05) is 18.4 Å². The van der Waals surface area contributed by atoms with Crippen molar-refractivity contribution in [2.24, 2.45) is 5.16 Å². The van der Waals surface area contributed by atoms with E-state index in [0.29, 0.717) is 5.49 Å². The summed E-state index contributed by atoms with van der Waals surface area (Å²) >= 11 is 0. The third-order valence-electron chi connectivity index (χ3n) is 3.36. The lowest BCUT2D eigenvalue weighted by Crippen LogP contribution is -2.19. The highest BCUT2D eigenvalue weighted by molar-refractivity contribution is 5.77. The van der Waals surface area contributed by atoms with Gasteiger partial charge in [-0.3, -0.25) is 0 Å². The Bertz CT molecular complexity index is 616. The Labute approximate surface area is 99.2 Å². The van der Waals surface area contributed by atoms with Gasteiger partial charge in [-0.15, -0.1) is 0 Å². The molecule has 88 valence electrons. The number of hydrogen-bond donors (Lipinski definition) is 1. The molecule has 3 rings (SSSR count). The van der Waals surface area contributed by atoms with E-state index in [2.05, 4.69) is 20.8 Å². The molecule has 0 atom stereocenters. The molecule has 0 spiro atoms. The van der Waals surface area contributed by atoms with Gasteiger partial charge in [-0.1, -0.05) is 23.7 Å². The van der Waals surface area contributed by atoms with Crippen LogP contribution < -0.4 is 5.49 Å². The van der Waals surface area contributed by atoms with Gasteiger partial charge >= 0.3 is 0 Å². The zero-order valence-corrected chi connectivity index (χ0v) is 9.63. The molecule has 0 unspecified atom stereocenters. The fourth-order valence-electron chi connectivity index (χ4n) is 2.53. The van der Waals surface area contributed by atoms with E-state index in [1.165, 1.54) is 12.8 Å². The van der Waals surface area contributed by atoms with Gasteiger partial charge in [0.05, 0.1) is 5.52 Å². The predicted octanol–water partition coefficient (Wildman–Crippen LogP) is 2.05. The van der Waals surface area contributed by atoms with E-state index in [0.717, 1.165) is 36.1 Å². The van der Waals surface area contributed by atoms with Crippen LogP contribution in [0.25, 0.3) is 10.9 Å². The van der Waals surface area contributed by atoms with Gasteiger partial charge in [-0.05, 0) is 25.0 Å². The van der Waals surface area contributed by atoms with Crippen LogP contribution in [0.15, 0.2) is 29.4 Å². The molecule has 0 saturated heterocycles. The fourth-order valence-corrected chi connectivity index (χ4v) is 2.53. The smallest absolute Gasteiger partial charge is 0.202 e. The number of nitrogens with zero attached hydrogens (tertiary/aromatic N) is 3. The van der Waals surface area contributed by atoms with Gasteiger partial charge in [0.15, 0.2) is 0 Å². The molecule has 4 nitrogen and oxygen atoms in total. The van der Waals surface area contributed by atoms with Crippen LogP contribution in [0, 0.1) is 0 Å². The highest BCUT2D eigenvalue weighted by atomic mass is 16.4. The van der Waals surface area contributed by atoms with E-state index in [4.69, 9.17) is 5.21 Å². The molecule has 1 aromatic heterocycles. The van der Waals surface area contributed by atoms with Crippen LogP contribution in [0.2, 0.25) is 0 Å². The first-order chi connectivity index (χ1) is 8.40. The molecule has 0 radical (unpaired) electrons. The van der Waals surface area contributed by atoms with Crippen molar-refractivity contribution >= 4 is 10.9 Å². The van der Waals surface area contributed by atoms with E-state index in [1.54, 1.807) is 0 Å². The molecule has 0 aliphatic carbocycles. The number of rotatable bonds is 0. The van der Waals surface area contributed by atoms with E-state index >= 15 is 0 Å². The zero-order chi connectivity index (χ0) is 11.7. The maximum absolute atomic E-state index is 9.06. The average Bonchev–Trinajstić information content (AvgIpc) is 2.63. The largest absolute Gasteiger partial charge is 0.409 e. The molecule has 1 N–H and O–H groups in total. The van der Waals surface area contributed by atoms with Gasteiger partial charge in [0.25, 0.3) is 0 Å². The molecule has 4 heteroatoms. The number of aryl methyl sites for hydroxylation is 2. The van der Waals surface area contributed by atoms with Crippen LogP contribution in [0.5, 0.6) is 0 Å². The van der Waals surface area contributed by atoms with Crippen LogP contribution in [-0.4, -0.2) is 14.8 Å². The van der Waals surface area contributed by atoms with Crippen molar-refractivity contribution in [3.8, 4) is 0 Å². The lowest BCUT2D eigenvalue weighted by Gasteiger charge is -2.13. The molecule has 0 fully saturated rings. The SMILES string of the molecule is O/N=c1\nc2n(c3ccccc13)CCCCC2. The summed E-state index contributed by atoms with van der Waals surface area (Å²) in [7, 11) is 0. The molecule has 0 saturated carbocycles. The van der Waals surface area contributed by atoms with E-state index in [1.807, 2.05) is 18.2 Å². The van der Waals surface area contributed by atoms with Crippen molar-refractivity contribution in [1.29, 1.82) is 0 Å². The van der Waals surface area contributed by atoms with Gasteiger partial charge in [-0.25, -0.2) is 4.98 Å². The number of para-hydroxylation sites is 1. The van der Waals surface area contributed by atoms with Gasteiger partial charge in [0.2, 0.25) is 5.49 Å². The molecule has 1 aromatic carbocycles. The quantitative estimate of drug-likeness (QED) is 0.555. The molecule has 0 amide bonds. The zero-order valence-electron chi connectivity index (χ0n) is 9.63. The third-order valence-corrected chi connectivity index (χ3v) is 3.36. The third kappa shape index (κ3) is 1.69. The van der Waals surface area contributed by atoms with Crippen molar-refractivity contribution in [2.75, 3.05) is 0 Å². The van der Waals surface area contributed by atoms with Crippen molar-refractivity contribution in [1.82, 2.24) is 9.55 Å². The van der Waals surface area contributed by atoms with Gasteiger partial charge in [0.1, 0.15) is 5.82 Å². The Hall–Kier alpha value is -1.84. The standard InChI is InChI=1S/C13H15N3O/c17-15-13-10-6-3-4-7-11(10)16-9-5-1-2-8-12(16)14-13/h3-4,6-7,17H,1-2,5,8-9H2/b15-13-. The van der Waals surface area contributed by atoms with Crippen LogP contribution in [-0.2, 0) is 13.0 Å². The average molecular weight is 229 g/mol. The first-order valence-corrected chi connectivity index (χ1v) is 6.07. The number of benzene rings is 1. The minimum atomic E-state index is 0.439. The molecule has 0 bridgehead atoms. The fraction of sp³-hybridized carbons (Fsp3) is 0.385. The Morgan fingerprint density at radius 2 is 2.06 bits per heavy atom. The highest BCUT2D eigenvalue weighted by Crippen LogP contribution is 2.17. The molecule has 1 aliphatic rings. The molecular weight excluding hydrogens is 214 g/mol. The summed E-state index contributed by atoms with van der Waals surface area (Å²) in [5, 5.41) is 13.3. The molecule has 2 heterocycles. The van der Waals surface area contributed by atoms with Crippen molar-refractivity contribution in [3.05, 3.63) is 35.6 Å². The Morgan fingerprint density at radius 1 is 1.18 bits per heavy atom. The summed E-state index contributed by atoms with van der Waals surface area (Å²) in [5.74, 6) is 1.04. The van der Waals surface area contributed by atoms with E-state index in [9.17, 15) is 0 Å². The minimum Gasteiger partial charge on any atom is -0.409 e. The summed E-state index contributed by atoms with van der Waals surface area (Å²) in [4.78, 5) is 4.47. The summed E-state index contributed by atoms with van der Waals surface area (Å²) in [5.41, 5.74) is 1.56. The normalized spacial score (nSPS) is 16.8. The predicted molar refractivity (Wildman–Crippen MR) is 64.6 cm³/mol. The molecular formula is C13H15N3O. The van der Waals surface area contributed by atoms with E-state index < -0.39 is 0 Å². The van der Waals surface area contributed by atoms with Crippen molar-refractivity contribution in [3.63, 3.8) is 0 Å². The minimum absolute atomic E-state index is 0.439. The summed E-state index contributed by atoms with van der Waals surface area (Å²) in [6.45, 7) is 1.01. The second kappa shape index (κ2) is 4.20. The van der Waals surface area contributed by atoms with Crippen molar-refractivity contribution < 1.29 is 5.21 Å². The Morgan fingerprint density at radius 3 is 2.94 bits per heavy atom. The summed E-state index contributed by atoms with van der Waals surface area (Å²) in [6.07, 6.45) is 4.56. The topological polar surface area (TPSA) is 50.4 Å². The van der Waals surface area contributed by atoms with Crippen LogP contribution in [0.3, 0.4) is 0 Å². The van der Waals surface area contributed by atoms with Crippen LogP contribution in [0.4, 0.5) is 0 Å². The van der Waals surface area contributed by atoms with E-state index in [-0.39, 0.29) is 0 Å². The summed E-state index contributed by atoms with van der Waals surface area (Å²) < 4.78 is 2.26. The van der Waals surface area contributed by atoms with Gasteiger partial charge < -0.3 is 9.77 Å². The second-order valence-electron chi connectivity index (χ2n) is 4.43.